The van der Waals surface area contributed by atoms with Gasteiger partial charge in [-0.2, -0.15) is 0 Å². The van der Waals surface area contributed by atoms with Crippen LogP contribution in [0.5, 0.6) is 0 Å². The van der Waals surface area contributed by atoms with Gasteiger partial charge >= 0.3 is 12.0 Å². The van der Waals surface area contributed by atoms with Gasteiger partial charge in [0.15, 0.2) is 0 Å². The Morgan fingerprint density at radius 3 is 2.85 bits per heavy atom. The average Bonchev–Trinajstić information content (AvgIpc) is 3.08. The minimum Gasteiger partial charge on any atom is -0.480 e. The molecule has 1 atom stereocenters. The highest BCUT2D eigenvalue weighted by molar-refractivity contribution is 5.82. The van der Waals surface area contributed by atoms with Crippen molar-refractivity contribution in [1.29, 1.82) is 0 Å². The second-order valence-corrected chi connectivity index (χ2v) is 4.03. The molecule has 0 aliphatic rings. The van der Waals surface area contributed by atoms with E-state index in [1.807, 2.05) is 0 Å². The van der Waals surface area contributed by atoms with Crippen molar-refractivity contribution < 1.29 is 14.7 Å². The third kappa shape index (κ3) is 3.83. The third-order valence-electron chi connectivity index (χ3n) is 2.55. The fraction of sp³-hybridized carbons (Fsp3) is 0.273. The topological polar surface area (TPSA) is 136 Å². The Morgan fingerprint density at radius 1 is 1.40 bits per heavy atom. The summed E-state index contributed by atoms with van der Waals surface area (Å²) < 4.78 is 0. The SMILES string of the molecule is O=C(NCc1ncc[nH]1)NC(Cc1cnc[nH]1)C(=O)O. The van der Waals surface area contributed by atoms with Crippen molar-refractivity contribution in [3.63, 3.8) is 0 Å². The lowest BCUT2D eigenvalue weighted by Crippen LogP contribution is -2.47. The number of amides is 2. The second-order valence-electron chi connectivity index (χ2n) is 4.03. The van der Waals surface area contributed by atoms with Crippen molar-refractivity contribution in [3.8, 4) is 0 Å². The molecule has 0 aliphatic heterocycles. The van der Waals surface area contributed by atoms with Crippen LogP contribution in [0.1, 0.15) is 11.5 Å². The number of aromatic nitrogens is 4. The van der Waals surface area contributed by atoms with Crippen LogP contribution >= 0.6 is 0 Å². The molecule has 0 radical (unpaired) electrons. The fourth-order valence-electron chi connectivity index (χ4n) is 1.58. The van der Waals surface area contributed by atoms with Crippen LogP contribution in [0.3, 0.4) is 0 Å². The molecule has 0 saturated heterocycles. The largest absolute Gasteiger partial charge is 0.480 e. The first-order valence-corrected chi connectivity index (χ1v) is 5.88. The summed E-state index contributed by atoms with van der Waals surface area (Å²) in [5.41, 5.74) is 0.628. The van der Waals surface area contributed by atoms with Gasteiger partial charge in [-0.3, -0.25) is 0 Å². The molecule has 2 heterocycles. The van der Waals surface area contributed by atoms with Gasteiger partial charge in [0.05, 0.1) is 12.9 Å². The molecule has 9 nitrogen and oxygen atoms in total. The van der Waals surface area contributed by atoms with Crippen LogP contribution in [0, 0.1) is 0 Å². The lowest BCUT2D eigenvalue weighted by molar-refractivity contribution is -0.139. The summed E-state index contributed by atoms with van der Waals surface area (Å²) >= 11 is 0. The third-order valence-corrected chi connectivity index (χ3v) is 2.55. The van der Waals surface area contributed by atoms with Crippen molar-refractivity contribution in [1.82, 2.24) is 30.6 Å². The Bertz CT molecular complexity index is 551. The summed E-state index contributed by atoms with van der Waals surface area (Å²) in [5.74, 6) is -0.534. The molecule has 5 N–H and O–H groups in total. The highest BCUT2D eigenvalue weighted by atomic mass is 16.4. The van der Waals surface area contributed by atoms with Crippen molar-refractivity contribution in [2.75, 3.05) is 0 Å². The van der Waals surface area contributed by atoms with Crippen LogP contribution in [0.2, 0.25) is 0 Å². The van der Waals surface area contributed by atoms with Crippen LogP contribution in [0.25, 0.3) is 0 Å². The molecular weight excluding hydrogens is 264 g/mol. The van der Waals surface area contributed by atoms with Gasteiger partial charge in [0, 0.05) is 30.7 Å². The number of rotatable bonds is 6. The van der Waals surface area contributed by atoms with E-state index in [0.717, 1.165) is 0 Å². The minimum absolute atomic E-state index is 0.128. The maximum atomic E-state index is 11.6. The smallest absolute Gasteiger partial charge is 0.326 e. The lowest BCUT2D eigenvalue weighted by Gasteiger charge is -2.14. The van der Waals surface area contributed by atoms with E-state index in [2.05, 4.69) is 30.6 Å². The van der Waals surface area contributed by atoms with Gasteiger partial charge in [-0.05, 0) is 0 Å². The van der Waals surface area contributed by atoms with E-state index in [9.17, 15) is 9.59 Å². The van der Waals surface area contributed by atoms with Crippen LogP contribution in [0.15, 0.2) is 24.9 Å². The molecular formula is C11H14N6O3. The number of aliphatic carboxylic acids is 1. The molecule has 2 aromatic rings. The number of H-pyrrole nitrogens is 2. The summed E-state index contributed by atoms with van der Waals surface area (Å²) in [7, 11) is 0. The first-order chi connectivity index (χ1) is 9.65. The zero-order valence-corrected chi connectivity index (χ0v) is 10.5. The first kappa shape index (κ1) is 13.6. The van der Waals surface area contributed by atoms with Gasteiger partial charge in [-0.25, -0.2) is 19.6 Å². The van der Waals surface area contributed by atoms with E-state index in [1.54, 1.807) is 12.4 Å². The molecule has 0 saturated carbocycles. The highest BCUT2D eigenvalue weighted by Gasteiger charge is 2.20. The Labute approximate surface area is 113 Å². The van der Waals surface area contributed by atoms with Crippen LogP contribution in [-0.4, -0.2) is 43.1 Å². The van der Waals surface area contributed by atoms with Crippen molar-refractivity contribution in [3.05, 3.63) is 36.4 Å². The number of carbonyl (C=O) groups excluding carboxylic acids is 1. The molecule has 0 spiro atoms. The maximum absolute atomic E-state index is 11.6. The number of aromatic amines is 2. The highest BCUT2D eigenvalue weighted by Crippen LogP contribution is 1.99. The van der Waals surface area contributed by atoms with E-state index >= 15 is 0 Å². The van der Waals surface area contributed by atoms with Crippen LogP contribution in [0.4, 0.5) is 4.79 Å². The number of carbonyl (C=O) groups is 2. The summed E-state index contributed by atoms with van der Waals surface area (Å²) in [5, 5.41) is 14.0. The number of carboxylic acid groups (broad SMARTS) is 1. The van der Waals surface area contributed by atoms with Gasteiger partial charge in [0.25, 0.3) is 0 Å². The fourth-order valence-corrected chi connectivity index (χ4v) is 1.58. The Hall–Kier alpha value is -2.84. The van der Waals surface area contributed by atoms with E-state index in [-0.39, 0.29) is 13.0 Å². The van der Waals surface area contributed by atoms with Gasteiger partial charge < -0.3 is 25.7 Å². The molecule has 1 unspecified atom stereocenters. The zero-order valence-electron chi connectivity index (χ0n) is 10.5. The number of carboxylic acids is 1. The first-order valence-electron chi connectivity index (χ1n) is 5.88. The average molecular weight is 278 g/mol. The van der Waals surface area contributed by atoms with E-state index in [0.29, 0.717) is 11.5 Å². The molecule has 0 fully saturated rings. The Kier molecular flexibility index (Phi) is 4.32. The van der Waals surface area contributed by atoms with E-state index in [1.165, 1.54) is 12.5 Å². The number of hydrogen-bond donors (Lipinski definition) is 5. The molecule has 20 heavy (non-hydrogen) atoms. The zero-order chi connectivity index (χ0) is 14.4. The molecule has 0 aliphatic carbocycles. The van der Waals surface area contributed by atoms with E-state index < -0.39 is 18.0 Å². The van der Waals surface area contributed by atoms with Gasteiger partial charge in [-0.1, -0.05) is 0 Å². The monoisotopic (exact) mass is 278 g/mol. The standard InChI is InChI=1S/C11H14N6O3/c18-10(19)8(3-7-4-12-6-16-7)17-11(20)15-5-9-13-1-2-14-9/h1-2,4,6,8H,3,5H2,(H,12,16)(H,13,14)(H,18,19)(H2,15,17,20). The van der Waals surface area contributed by atoms with Crippen molar-refractivity contribution >= 4 is 12.0 Å². The molecule has 0 bridgehead atoms. The number of hydrogen-bond acceptors (Lipinski definition) is 4. The van der Waals surface area contributed by atoms with Gasteiger partial charge in [0.2, 0.25) is 0 Å². The summed E-state index contributed by atoms with van der Waals surface area (Å²) in [6, 6.07) is -1.61. The van der Waals surface area contributed by atoms with Gasteiger partial charge in [-0.15, -0.1) is 0 Å². The number of imidazole rings is 2. The second kappa shape index (κ2) is 6.36. The molecule has 106 valence electrons. The summed E-state index contributed by atoms with van der Waals surface area (Å²) in [6.45, 7) is 0.190. The molecule has 9 heteroatoms. The Morgan fingerprint density at radius 2 is 2.25 bits per heavy atom. The molecule has 0 aromatic carbocycles. The molecule has 2 amide bonds. The maximum Gasteiger partial charge on any atom is 0.326 e. The van der Waals surface area contributed by atoms with Crippen LogP contribution < -0.4 is 10.6 Å². The van der Waals surface area contributed by atoms with Crippen molar-refractivity contribution in [2.24, 2.45) is 0 Å². The van der Waals surface area contributed by atoms with Crippen LogP contribution in [-0.2, 0) is 17.8 Å². The minimum atomic E-state index is -1.12. The summed E-state index contributed by atoms with van der Waals surface area (Å²) in [6.07, 6.45) is 6.29. The number of urea groups is 1. The summed E-state index contributed by atoms with van der Waals surface area (Å²) in [4.78, 5) is 36.1. The predicted octanol–water partition coefficient (Wildman–Crippen LogP) is -0.372. The normalized spacial score (nSPS) is 11.8. The number of nitrogens with one attached hydrogen (secondary N) is 4. The predicted molar refractivity (Wildman–Crippen MR) is 67.7 cm³/mol. The van der Waals surface area contributed by atoms with Crippen molar-refractivity contribution in [2.45, 2.75) is 19.0 Å². The Balaban J connectivity index is 1.84. The van der Waals surface area contributed by atoms with Gasteiger partial charge in [0.1, 0.15) is 11.9 Å². The quantitative estimate of drug-likeness (QED) is 0.491. The van der Waals surface area contributed by atoms with E-state index in [4.69, 9.17) is 5.11 Å². The number of nitrogens with zero attached hydrogens (tertiary/aromatic N) is 2. The lowest BCUT2D eigenvalue weighted by atomic mass is 10.2. The molecule has 2 aromatic heterocycles. The molecule has 2 rings (SSSR count).